The van der Waals surface area contributed by atoms with E-state index in [4.69, 9.17) is 0 Å². The number of amides is 1. The van der Waals surface area contributed by atoms with Gasteiger partial charge in [0.05, 0.1) is 0 Å². The topological polar surface area (TPSA) is 75.2 Å². The lowest BCUT2D eigenvalue weighted by Crippen LogP contribution is -2.38. The molecule has 19 heavy (non-hydrogen) atoms. The van der Waals surface area contributed by atoms with E-state index in [1.165, 1.54) is 16.8 Å². The lowest BCUT2D eigenvalue weighted by Gasteiger charge is -2.20. The number of nitrogens with zero attached hydrogens (tertiary/aromatic N) is 2. The van der Waals surface area contributed by atoms with Crippen LogP contribution < -0.4 is 11.2 Å². The number of rotatable bonds is 2. The minimum absolute atomic E-state index is 0.00993. The van der Waals surface area contributed by atoms with Crippen LogP contribution in [0.15, 0.2) is 21.9 Å². The van der Waals surface area contributed by atoms with Gasteiger partial charge in [0.2, 0.25) is 5.91 Å². The summed E-state index contributed by atoms with van der Waals surface area (Å²) in [6.07, 6.45) is 4.52. The Bertz CT molecular complexity index is 561. The number of H-pyrrole nitrogens is 1. The Morgan fingerprint density at radius 3 is 2.89 bits per heavy atom. The van der Waals surface area contributed by atoms with Crippen molar-refractivity contribution in [3.8, 4) is 0 Å². The third-order valence-electron chi connectivity index (χ3n) is 3.57. The molecule has 1 atom stereocenters. The van der Waals surface area contributed by atoms with Crippen molar-refractivity contribution in [1.82, 2.24) is 14.5 Å². The van der Waals surface area contributed by atoms with Gasteiger partial charge in [-0.2, -0.15) is 0 Å². The fourth-order valence-corrected chi connectivity index (χ4v) is 2.33. The smallest absolute Gasteiger partial charge is 0.328 e. The van der Waals surface area contributed by atoms with Gasteiger partial charge in [0.25, 0.3) is 5.56 Å². The minimum atomic E-state index is -0.538. The van der Waals surface area contributed by atoms with E-state index in [1.807, 2.05) is 0 Å². The van der Waals surface area contributed by atoms with Crippen LogP contribution in [-0.4, -0.2) is 33.4 Å². The van der Waals surface area contributed by atoms with Crippen molar-refractivity contribution >= 4 is 5.91 Å². The fourth-order valence-electron chi connectivity index (χ4n) is 2.33. The van der Waals surface area contributed by atoms with E-state index in [2.05, 4.69) is 11.9 Å². The molecular weight excluding hydrogens is 246 g/mol. The van der Waals surface area contributed by atoms with Gasteiger partial charge in [0, 0.05) is 25.4 Å². The van der Waals surface area contributed by atoms with Crippen molar-refractivity contribution in [3.63, 3.8) is 0 Å². The van der Waals surface area contributed by atoms with E-state index in [0.29, 0.717) is 5.92 Å². The molecule has 2 heterocycles. The Balaban J connectivity index is 2.04. The van der Waals surface area contributed by atoms with Gasteiger partial charge >= 0.3 is 5.69 Å². The maximum absolute atomic E-state index is 12.1. The fraction of sp³-hybridized carbons (Fsp3) is 0.615. The zero-order valence-electron chi connectivity index (χ0n) is 11.1. The molecule has 0 aliphatic carbocycles. The Morgan fingerprint density at radius 2 is 2.16 bits per heavy atom. The Morgan fingerprint density at radius 1 is 1.37 bits per heavy atom. The molecule has 1 fully saturated rings. The molecule has 1 aliphatic rings. The van der Waals surface area contributed by atoms with Crippen LogP contribution in [0, 0.1) is 5.92 Å². The maximum Gasteiger partial charge on any atom is 0.328 e. The summed E-state index contributed by atoms with van der Waals surface area (Å²) >= 11 is 0. The second-order valence-corrected chi connectivity index (χ2v) is 5.15. The van der Waals surface area contributed by atoms with Crippen LogP contribution in [0.1, 0.15) is 26.2 Å². The first-order chi connectivity index (χ1) is 9.06. The van der Waals surface area contributed by atoms with E-state index in [1.54, 1.807) is 4.90 Å². The highest BCUT2D eigenvalue weighted by Gasteiger charge is 2.18. The maximum atomic E-state index is 12.1. The molecule has 6 nitrogen and oxygen atoms in total. The Labute approximate surface area is 111 Å². The summed E-state index contributed by atoms with van der Waals surface area (Å²) in [5, 5.41) is 0. The van der Waals surface area contributed by atoms with Gasteiger partial charge in [-0.25, -0.2) is 4.79 Å². The van der Waals surface area contributed by atoms with Crippen LogP contribution in [0.2, 0.25) is 0 Å². The van der Waals surface area contributed by atoms with Crippen molar-refractivity contribution in [2.45, 2.75) is 32.7 Å². The predicted octanol–water partition coefficient (Wildman–Crippen LogP) is 0.185. The highest BCUT2D eigenvalue weighted by molar-refractivity contribution is 5.76. The lowest BCUT2D eigenvalue weighted by molar-refractivity contribution is -0.131. The van der Waals surface area contributed by atoms with Crippen molar-refractivity contribution in [1.29, 1.82) is 0 Å². The van der Waals surface area contributed by atoms with Gasteiger partial charge in [-0.05, 0) is 25.2 Å². The number of hydrogen-bond acceptors (Lipinski definition) is 3. The van der Waals surface area contributed by atoms with Gasteiger partial charge in [-0.1, -0.05) is 6.92 Å². The van der Waals surface area contributed by atoms with Crippen LogP contribution in [-0.2, 0) is 11.3 Å². The summed E-state index contributed by atoms with van der Waals surface area (Å²) in [4.78, 5) is 38.6. The van der Waals surface area contributed by atoms with Gasteiger partial charge < -0.3 is 4.90 Å². The normalized spacial score (nSPS) is 20.1. The SMILES string of the molecule is CC1CCCN(C(=O)Cn2ccc(=O)[nH]c2=O)CC1. The highest BCUT2D eigenvalue weighted by Crippen LogP contribution is 2.16. The number of carbonyl (C=O) groups is 1. The van der Waals surface area contributed by atoms with Crippen LogP contribution in [0.3, 0.4) is 0 Å². The van der Waals surface area contributed by atoms with E-state index >= 15 is 0 Å². The third-order valence-corrected chi connectivity index (χ3v) is 3.57. The summed E-state index contributed by atoms with van der Waals surface area (Å²) in [5.41, 5.74) is -0.985. The summed E-state index contributed by atoms with van der Waals surface area (Å²) in [6.45, 7) is 3.68. The molecule has 0 spiro atoms. The van der Waals surface area contributed by atoms with Gasteiger partial charge in [0.1, 0.15) is 6.54 Å². The average molecular weight is 265 g/mol. The summed E-state index contributed by atoms with van der Waals surface area (Å²) in [7, 11) is 0. The number of carbonyl (C=O) groups excluding carboxylic acids is 1. The number of likely N-dealkylation sites (tertiary alicyclic amines) is 1. The molecule has 1 N–H and O–H groups in total. The second-order valence-electron chi connectivity index (χ2n) is 5.15. The molecule has 0 bridgehead atoms. The average Bonchev–Trinajstić information content (AvgIpc) is 2.57. The summed E-state index contributed by atoms with van der Waals surface area (Å²) in [5.74, 6) is 0.580. The van der Waals surface area contributed by atoms with Crippen LogP contribution >= 0.6 is 0 Å². The molecule has 1 aromatic rings. The molecule has 0 aromatic carbocycles. The molecule has 6 heteroatoms. The molecular formula is C13H19N3O3. The standard InChI is InChI=1S/C13H19N3O3/c1-10-3-2-6-15(7-4-10)12(18)9-16-8-5-11(17)14-13(16)19/h5,8,10H,2-4,6-7,9H2,1H3,(H,14,17,19). The molecule has 1 aromatic heterocycles. The first-order valence-electron chi connectivity index (χ1n) is 6.64. The van der Waals surface area contributed by atoms with Crippen molar-refractivity contribution in [2.24, 2.45) is 5.92 Å². The molecule has 1 amide bonds. The first kappa shape index (κ1) is 13.6. The van der Waals surface area contributed by atoms with Crippen LogP contribution in [0.5, 0.6) is 0 Å². The largest absolute Gasteiger partial charge is 0.341 e. The number of hydrogen-bond donors (Lipinski definition) is 1. The predicted molar refractivity (Wildman–Crippen MR) is 70.9 cm³/mol. The lowest BCUT2D eigenvalue weighted by atomic mass is 10.0. The highest BCUT2D eigenvalue weighted by atomic mass is 16.2. The zero-order valence-corrected chi connectivity index (χ0v) is 11.1. The van der Waals surface area contributed by atoms with Crippen LogP contribution in [0.4, 0.5) is 0 Å². The molecule has 0 saturated carbocycles. The number of nitrogens with one attached hydrogen (secondary N) is 1. The molecule has 104 valence electrons. The zero-order chi connectivity index (χ0) is 13.8. The van der Waals surface area contributed by atoms with Gasteiger partial charge in [-0.3, -0.25) is 19.1 Å². The van der Waals surface area contributed by atoms with Crippen molar-refractivity contribution in [2.75, 3.05) is 13.1 Å². The first-order valence-corrected chi connectivity index (χ1v) is 6.64. The molecule has 2 rings (SSSR count). The third kappa shape index (κ3) is 3.56. The van der Waals surface area contributed by atoms with Gasteiger partial charge in [-0.15, -0.1) is 0 Å². The molecule has 1 unspecified atom stereocenters. The Hall–Kier alpha value is -1.85. The van der Waals surface area contributed by atoms with E-state index in [9.17, 15) is 14.4 Å². The molecule has 1 saturated heterocycles. The second kappa shape index (κ2) is 5.86. The van der Waals surface area contributed by atoms with Gasteiger partial charge in [0.15, 0.2) is 0 Å². The van der Waals surface area contributed by atoms with Crippen molar-refractivity contribution < 1.29 is 4.79 Å². The number of aromatic amines is 1. The quantitative estimate of drug-likeness (QED) is 0.829. The molecule has 0 radical (unpaired) electrons. The number of aromatic nitrogens is 2. The van der Waals surface area contributed by atoms with E-state index < -0.39 is 11.2 Å². The van der Waals surface area contributed by atoms with Crippen LogP contribution in [0.25, 0.3) is 0 Å². The van der Waals surface area contributed by atoms with E-state index in [-0.39, 0.29) is 12.5 Å². The monoisotopic (exact) mass is 265 g/mol. The van der Waals surface area contributed by atoms with E-state index in [0.717, 1.165) is 32.4 Å². The minimum Gasteiger partial charge on any atom is -0.341 e. The summed E-state index contributed by atoms with van der Waals surface area (Å²) < 4.78 is 1.23. The summed E-state index contributed by atoms with van der Waals surface area (Å²) in [6, 6.07) is 1.25. The van der Waals surface area contributed by atoms with Crippen molar-refractivity contribution in [3.05, 3.63) is 33.1 Å². The molecule has 1 aliphatic heterocycles. The Kier molecular flexibility index (Phi) is 4.19.